The number of ether oxygens (including phenoxy) is 3. The van der Waals surface area contributed by atoms with Crippen molar-refractivity contribution in [3.8, 4) is 17.2 Å². The van der Waals surface area contributed by atoms with Gasteiger partial charge in [0, 0.05) is 18.1 Å². The fourth-order valence-electron chi connectivity index (χ4n) is 2.20. The molecule has 0 bridgehead atoms. The quantitative estimate of drug-likeness (QED) is 0.559. The zero-order chi connectivity index (χ0) is 18.6. The normalized spacial score (nSPS) is 10.4. The largest absolute Gasteiger partial charge is 0.496 e. The van der Waals surface area contributed by atoms with Gasteiger partial charge in [-0.3, -0.25) is 10.1 Å². The summed E-state index contributed by atoms with van der Waals surface area (Å²) in [5, 5.41) is 10.7. The zero-order valence-electron chi connectivity index (χ0n) is 13.3. The van der Waals surface area contributed by atoms with Crippen molar-refractivity contribution in [2.24, 2.45) is 0 Å². The van der Waals surface area contributed by atoms with E-state index in [1.165, 1.54) is 20.3 Å². The number of methoxy groups -OCH3 is 2. The monoisotopic (exact) mass is 357 g/mol. The Balaban J connectivity index is 2.19. The second kappa shape index (κ2) is 7.73. The van der Waals surface area contributed by atoms with E-state index in [9.17, 15) is 23.3 Å². The molecule has 0 saturated carbocycles. The molecule has 0 unspecified atom stereocenters. The third-order valence-corrected chi connectivity index (χ3v) is 3.41. The van der Waals surface area contributed by atoms with Crippen LogP contribution >= 0.6 is 0 Å². The van der Waals surface area contributed by atoms with Crippen molar-refractivity contribution in [1.29, 1.82) is 0 Å². The summed E-state index contributed by atoms with van der Waals surface area (Å²) in [7, 11) is 2.55. The Morgan fingerprint density at radius 1 is 1.00 bits per heavy atom. The lowest BCUT2D eigenvalue weighted by Crippen LogP contribution is -2.07. The Bertz CT molecular complexity index is 798. The van der Waals surface area contributed by atoms with E-state index in [0.717, 1.165) is 18.2 Å². The molecule has 0 aliphatic carbocycles. The molecule has 0 aliphatic rings. The minimum atomic E-state index is -1.10. The lowest BCUT2D eigenvalue weighted by atomic mass is 10.1. The van der Waals surface area contributed by atoms with Crippen LogP contribution in [0.5, 0.6) is 17.2 Å². The van der Waals surface area contributed by atoms with E-state index in [4.69, 9.17) is 14.2 Å². The van der Waals surface area contributed by atoms with Gasteiger partial charge >= 0.3 is 5.69 Å². The van der Waals surface area contributed by atoms with Crippen LogP contribution in [0.3, 0.4) is 0 Å². The number of nitrogens with zero attached hydrogens (tertiary/aromatic N) is 1. The molecule has 2 aromatic rings. The van der Waals surface area contributed by atoms with Crippen LogP contribution in [0.2, 0.25) is 0 Å². The van der Waals surface area contributed by atoms with Crippen LogP contribution in [0.25, 0.3) is 0 Å². The van der Waals surface area contributed by atoms with Gasteiger partial charge in [0.05, 0.1) is 31.8 Å². The summed E-state index contributed by atoms with van der Waals surface area (Å²) in [6.07, 6.45) is -0.0749. The number of nitro groups is 1. The third kappa shape index (κ3) is 3.93. The highest BCUT2D eigenvalue weighted by Crippen LogP contribution is 2.34. The molecule has 2 rings (SSSR count). The Hall–Kier alpha value is -2.97. The molecular weight excluding hydrogens is 343 g/mol. The van der Waals surface area contributed by atoms with Crippen LogP contribution in [0, 0.1) is 27.6 Å². The molecule has 2 aromatic carbocycles. The van der Waals surface area contributed by atoms with Gasteiger partial charge in [-0.2, -0.15) is 4.39 Å². The Morgan fingerprint density at radius 2 is 1.68 bits per heavy atom. The van der Waals surface area contributed by atoms with Gasteiger partial charge in [-0.25, -0.2) is 8.78 Å². The molecule has 0 heterocycles. The van der Waals surface area contributed by atoms with Crippen LogP contribution in [-0.2, 0) is 6.42 Å². The van der Waals surface area contributed by atoms with Crippen molar-refractivity contribution in [3.05, 3.63) is 57.4 Å². The van der Waals surface area contributed by atoms with Crippen LogP contribution in [0.4, 0.5) is 18.9 Å². The number of nitro benzene ring substituents is 1. The van der Waals surface area contributed by atoms with Crippen molar-refractivity contribution in [3.63, 3.8) is 0 Å². The standard InChI is InChI=1S/C16H14F3NO5/c1-23-13-4-3-10(17)16(19)9(13)5-6-25-15-7-11(18)12(20(21)22)8-14(15)24-2/h3-4,7-8H,5-6H2,1-2H3. The first-order valence-electron chi connectivity index (χ1n) is 7.04. The molecule has 0 spiro atoms. The van der Waals surface area contributed by atoms with E-state index in [0.29, 0.717) is 0 Å². The Labute approximate surface area is 140 Å². The highest BCUT2D eigenvalue weighted by Gasteiger charge is 2.20. The van der Waals surface area contributed by atoms with Gasteiger partial charge in [0.15, 0.2) is 23.1 Å². The van der Waals surface area contributed by atoms with Crippen LogP contribution in [0.1, 0.15) is 5.56 Å². The highest BCUT2D eigenvalue weighted by atomic mass is 19.2. The molecule has 134 valence electrons. The Kier molecular flexibility index (Phi) is 5.68. The van der Waals surface area contributed by atoms with E-state index < -0.39 is 28.1 Å². The average Bonchev–Trinajstić information content (AvgIpc) is 2.58. The molecule has 0 saturated heterocycles. The van der Waals surface area contributed by atoms with Gasteiger partial charge in [0.2, 0.25) is 5.82 Å². The van der Waals surface area contributed by atoms with Gasteiger partial charge in [0.1, 0.15) is 5.75 Å². The average molecular weight is 357 g/mol. The molecule has 0 radical (unpaired) electrons. The SMILES string of the molecule is COc1cc([N+](=O)[O-])c(F)cc1OCCc1c(OC)ccc(F)c1F. The van der Waals surface area contributed by atoms with Gasteiger partial charge in [-0.05, 0) is 12.1 Å². The molecular formula is C16H14F3NO5. The maximum Gasteiger partial charge on any atom is 0.308 e. The maximum atomic E-state index is 13.9. The molecule has 0 aliphatic heterocycles. The summed E-state index contributed by atoms with van der Waals surface area (Å²) in [5.74, 6) is -3.21. The maximum absolute atomic E-state index is 13.9. The minimum absolute atomic E-state index is 0.0381. The number of halogens is 3. The number of benzene rings is 2. The fourth-order valence-corrected chi connectivity index (χ4v) is 2.20. The van der Waals surface area contributed by atoms with Gasteiger partial charge in [-0.15, -0.1) is 0 Å². The number of hydrogen-bond donors (Lipinski definition) is 0. The van der Waals surface area contributed by atoms with Gasteiger partial charge in [-0.1, -0.05) is 0 Å². The number of rotatable bonds is 7. The topological polar surface area (TPSA) is 70.8 Å². The first-order chi connectivity index (χ1) is 11.9. The smallest absolute Gasteiger partial charge is 0.308 e. The lowest BCUT2D eigenvalue weighted by Gasteiger charge is -2.13. The predicted octanol–water partition coefficient (Wildman–Crippen LogP) is 3.65. The van der Waals surface area contributed by atoms with E-state index in [2.05, 4.69) is 0 Å². The molecule has 0 atom stereocenters. The van der Waals surface area contributed by atoms with E-state index in [1.54, 1.807) is 0 Å². The third-order valence-electron chi connectivity index (χ3n) is 3.41. The molecule has 0 fully saturated rings. The first-order valence-corrected chi connectivity index (χ1v) is 7.04. The summed E-state index contributed by atoms with van der Waals surface area (Å²) in [4.78, 5) is 9.82. The van der Waals surface area contributed by atoms with Crippen LogP contribution in [-0.4, -0.2) is 25.7 Å². The van der Waals surface area contributed by atoms with E-state index in [1.807, 2.05) is 0 Å². The molecule has 6 nitrogen and oxygen atoms in total. The zero-order valence-corrected chi connectivity index (χ0v) is 13.3. The molecule has 0 aromatic heterocycles. The second-order valence-corrected chi connectivity index (χ2v) is 4.85. The Morgan fingerprint density at radius 3 is 2.28 bits per heavy atom. The van der Waals surface area contributed by atoms with Crippen molar-refractivity contribution in [2.75, 3.05) is 20.8 Å². The molecule has 25 heavy (non-hydrogen) atoms. The van der Waals surface area contributed by atoms with E-state index in [-0.39, 0.29) is 35.8 Å². The fraction of sp³-hybridized carbons (Fsp3) is 0.250. The van der Waals surface area contributed by atoms with Crippen molar-refractivity contribution in [2.45, 2.75) is 6.42 Å². The molecule has 0 amide bonds. The van der Waals surface area contributed by atoms with Crippen molar-refractivity contribution < 1.29 is 32.3 Å². The lowest BCUT2D eigenvalue weighted by molar-refractivity contribution is -0.387. The van der Waals surface area contributed by atoms with Crippen molar-refractivity contribution in [1.82, 2.24) is 0 Å². The summed E-state index contributed by atoms with van der Waals surface area (Å²) >= 11 is 0. The van der Waals surface area contributed by atoms with Crippen LogP contribution in [0.15, 0.2) is 24.3 Å². The molecule has 0 N–H and O–H groups in total. The van der Waals surface area contributed by atoms with E-state index >= 15 is 0 Å². The summed E-state index contributed by atoms with van der Waals surface area (Å²) in [6.45, 7) is -0.162. The first kappa shape index (κ1) is 18.4. The minimum Gasteiger partial charge on any atom is -0.496 e. The summed E-state index contributed by atoms with van der Waals surface area (Å²) in [5.41, 5.74) is -0.800. The van der Waals surface area contributed by atoms with Gasteiger partial charge in [0.25, 0.3) is 0 Å². The predicted molar refractivity (Wildman–Crippen MR) is 81.7 cm³/mol. The second-order valence-electron chi connectivity index (χ2n) is 4.85. The molecule has 9 heteroatoms. The van der Waals surface area contributed by atoms with Crippen LogP contribution < -0.4 is 14.2 Å². The highest BCUT2D eigenvalue weighted by molar-refractivity contribution is 5.49. The number of hydrogen-bond acceptors (Lipinski definition) is 5. The summed E-state index contributed by atoms with van der Waals surface area (Å²) in [6, 6.07) is 3.90. The van der Waals surface area contributed by atoms with Crippen molar-refractivity contribution >= 4 is 5.69 Å². The summed E-state index contributed by atoms with van der Waals surface area (Å²) < 4.78 is 56.1. The van der Waals surface area contributed by atoms with Gasteiger partial charge < -0.3 is 14.2 Å².